The summed E-state index contributed by atoms with van der Waals surface area (Å²) in [6.45, 7) is 7.81. The Morgan fingerprint density at radius 1 is 1.35 bits per heavy atom. The van der Waals surface area contributed by atoms with Gasteiger partial charge in [-0.05, 0) is 24.4 Å². The minimum absolute atomic E-state index is 0.107. The van der Waals surface area contributed by atoms with E-state index in [2.05, 4.69) is 11.9 Å². The van der Waals surface area contributed by atoms with E-state index >= 15 is 0 Å². The summed E-state index contributed by atoms with van der Waals surface area (Å²) < 4.78 is 5.58. The summed E-state index contributed by atoms with van der Waals surface area (Å²) in [4.78, 5) is 15.3. The van der Waals surface area contributed by atoms with Crippen molar-refractivity contribution in [3.63, 3.8) is 0 Å². The largest absolute Gasteiger partial charge is 0.494 e. The summed E-state index contributed by atoms with van der Waals surface area (Å²) in [5, 5.41) is 4.97. The van der Waals surface area contributed by atoms with Gasteiger partial charge in [-0.15, -0.1) is 17.9 Å². The molecule has 1 heterocycles. The highest BCUT2D eigenvalue weighted by Crippen LogP contribution is 2.18. The number of hydrogen-bond acceptors (Lipinski definition) is 3. The van der Waals surface area contributed by atoms with Crippen molar-refractivity contribution in [2.45, 2.75) is 20.0 Å². The van der Waals surface area contributed by atoms with Crippen molar-refractivity contribution in [1.82, 2.24) is 10.2 Å². The molecule has 0 unspecified atom stereocenters. The van der Waals surface area contributed by atoms with Crippen LogP contribution in [0.1, 0.15) is 17.4 Å². The first-order valence-corrected chi connectivity index (χ1v) is 8.49. The van der Waals surface area contributed by atoms with Gasteiger partial charge in [-0.2, -0.15) is 0 Å². The van der Waals surface area contributed by atoms with E-state index in [1.165, 1.54) is 0 Å². The zero-order valence-corrected chi connectivity index (χ0v) is 14.1. The second-order valence-corrected chi connectivity index (χ2v) is 5.98. The normalized spacial score (nSPS) is 10.1. The summed E-state index contributed by atoms with van der Waals surface area (Å²) in [6.07, 6.45) is 1.74. The van der Waals surface area contributed by atoms with Gasteiger partial charge in [-0.3, -0.25) is 0 Å². The number of nitrogens with one attached hydrogen (secondary N) is 1. The molecule has 0 saturated carbocycles. The van der Waals surface area contributed by atoms with Crippen LogP contribution < -0.4 is 10.1 Å². The van der Waals surface area contributed by atoms with Gasteiger partial charge < -0.3 is 15.0 Å². The van der Waals surface area contributed by atoms with E-state index in [1.54, 1.807) is 22.3 Å². The van der Waals surface area contributed by atoms with Crippen molar-refractivity contribution >= 4 is 17.4 Å². The molecule has 0 aliphatic rings. The molecule has 1 aromatic heterocycles. The third-order valence-corrected chi connectivity index (χ3v) is 4.13. The van der Waals surface area contributed by atoms with Crippen molar-refractivity contribution in [3.05, 3.63) is 64.9 Å². The van der Waals surface area contributed by atoms with E-state index in [9.17, 15) is 4.79 Å². The number of ether oxygens (including phenoxy) is 1. The van der Waals surface area contributed by atoms with E-state index < -0.39 is 0 Å². The van der Waals surface area contributed by atoms with Gasteiger partial charge in [-0.1, -0.05) is 30.3 Å². The van der Waals surface area contributed by atoms with E-state index in [1.807, 2.05) is 48.7 Å². The van der Waals surface area contributed by atoms with Crippen LogP contribution >= 0.6 is 11.3 Å². The van der Waals surface area contributed by atoms with Crippen LogP contribution in [0, 0.1) is 0 Å². The SMILES string of the molecule is C=CCN(Cc1cccs1)C(=O)NCc1ccccc1OCC. The summed E-state index contributed by atoms with van der Waals surface area (Å²) >= 11 is 1.64. The van der Waals surface area contributed by atoms with Crippen molar-refractivity contribution in [2.75, 3.05) is 13.2 Å². The first-order valence-electron chi connectivity index (χ1n) is 7.61. The number of carbonyl (C=O) groups excluding carboxylic acids is 1. The van der Waals surface area contributed by atoms with Gasteiger partial charge in [-0.25, -0.2) is 4.79 Å². The van der Waals surface area contributed by atoms with Gasteiger partial charge in [0, 0.05) is 23.5 Å². The van der Waals surface area contributed by atoms with E-state index in [0.717, 1.165) is 16.2 Å². The second kappa shape index (κ2) is 9.00. The maximum Gasteiger partial charge on any atom is 0.318 e. The number of urea groups is 1. The number of hydrogen-bond donors (Lipinski definition) is 1. The molecule has 2 aromatic rings. The lowest BCUT2D eigenvalue weighted by atomic mass is 10.2. The van der Waals surface area contributed by atoms with Crippen LogP contribution in [0.3, 0.4) is 0 Å². The predicted octanol–water partition coefficient (Wildman–Crippen LogP) is 4.04. The molecule has 1 aromatic carbocycles. The lowest BCUT2D eigenvalue weighted by Gasteiger charge is -2.21. The van der Waals surface area contributed by atoms with Crippen LogP contribution in [-0.2, 0) is 13.1 Å². The van der Waals surface area contributed by atoms with Gasteiger partial charge in [0.05, 0.1) is 13.2 Å². The van der Waals surface area contributed by atoms with E-state index in [-0.39, 0.29) is 6.03 Å². The number of amides is 2. The highest BCUT2D eigenvalue weighted by atomic mass is 32.1. The molecule has 0 aliphatic carbocycles. The molecule has 0 fully saturated rings. The first-order chi connectivity index (χ1) is 11.2. The average Bonchev–Trinajstić information content (AvgIpc) is 3.07. The number of thiophene rings is 1. The molecule has 122 valence electrons. The van der Waals surface area contributed by atoms with Crippen molar-refractivity contribution in [3.8, 4) is 5.75 Å². The minimum atomic E-state index is -0.107. The number of rotatable bonds is 8. The predicted molar refractivity (Wildman–Crippen MR) is 94.8 cm³/mol. The minimum Gasteiger partial charge on any atom is -0.494 e. The van der Waals surface area contributed by atoms with Crippen molar-refractivity contribution in [2.24, 2.45) is 0 Å². The van der Waals surface area contributed by atoms with Crippen LogP contribution in [0.4, 0.5) is 4.79 Å². The van der Waals surface area contributed by atoms with Crippen molar-refractivity contribution in [1.29, 1.82) is 0 Å². The standard InChI is InChI=1S/C18H22N2O2S/c1-3-11-20(14-16-9-7-12-23-16)18(21)19-13-15-8-5-6-10-17(15)22-4-2/h3,5-10,12H,1,4,11,13-14H2,2H3,(H,19,21). The van der Waals surface area contributed by atoms with Crippen LogP contribution in [0.2, 0.25) is 0 Å². The molecule has 2 rings (SSSR count). The molecule has 0 aliphatic heterocycles. The average molecular weight is 330 g/mol. The fraction of sp³-hybridized carbons (Fsp3) is 0.278. The second-order valence-electron chi connectivity index (χ2n) is 4.95. The highest BCUT2D eigenvalue weighted by molar-refractivity contribution is 7.09. The molecule has 1 N–H and O–H groups in total. The fourth-order valence-corrected chi connectivity index (χ4v) is 2.91. The highest BCUT2D eigenvalue weighted by Gasteiger charge is 2.13. The Kier molecular flexibility index (Phi) is 6.69. The molecule has 4 nitrogen and oxygen atoms in total. The maximum absolute atomic E-state index is 12.4. The fourth-order valence-electron chi connectivity index (χ4n) is 2.19. The number of nitrogens with zero attached hydrogens (tertiary/aromatic N) is 1. The Balaban J connectivity index is 1.97. The Morgan fingerprint density at radius 3 is 2.87 bits per heavy atom. The summed E-state index contributed by atoms with van der Waals surface area (Å²) in [5.74, 6) is 0.809. The third kappa shape index (κ3) is 5.14. The van der Waals surface area contributed by atoms with Crippen LogP contribution in [0.5, 0.6) is 5.75 Å². The van der Waals surface area contributed by atoms with E-state index in [4.69, 9.17) is 4.74 Å². The van der Waals surface area contributed by atoms with Gasteiger partial charge in [0.2, 0.25) is 0 Å². The molecule has 0 bridgehead atoms. The molecular formula is C18H22N2O2S. The quantitative estimate of drug-likeness (QED) is 0.742. The van der Waals surface area contributed by atoms with Crippen LogP contribution in [-0.4, -0.2) is 24.1 Å². The Bertz CT molecular complexity index is 626. The zero-order valence-electron chi connectivity index (χ0n) is 13.3. The molecule has 0 spiro atoms. The maximum atomic E-state index is 12.4. The smallest absolute Gasteiger partial charge is 0.318 e. The van der Waals surface area contributed by atoms with Gasteiger partial charge in [0.25, 0.3) is 0 Å². The molecular weight excluding hydrogens is 308 g/mol. The molecule has 23 heavy (non-hydrogen) atoms. The van der Waals surface area contributed by atoms with Crippen LogP contribution in [0.15, 0.2) is 54.4 Å². The third-order valence-electron chi connectivity index (χ3n) is 3.27. The summed E-state index contributed by atoms with van der Waals surface area (Å²) in [6, 6.07) is 11.7. The zero-order chi connectivity index (χ0) is 16.5. The van der Waals surface area contributed by atoms with E-state index in [0.29, 0.717) is 26.2 Å². The van der Waals surface area contributed by atoms with Gasteiger partial charge in [0.1, 0.15) is 5.75 Å². The molecule has 0 saturated heterocycles. The van der Waals surface area contributed by atoms with Crippen molar-refractivity contribution < 1.29 is 9.53 Å². The lowest BCUT2D eigenvalue weighted by Crippen LogP contribution is -2.39. The number of para-hydroxylation sites is 1. The lowest BCUT2D eigenvalue weighted by molar-refractivity contribution is 0.201. The number of benzene rings is 1. The number of carbonyl (C=O) groups is 1. The van der Waals surface area contributed by atoms with Crippen LogP contribution in [0.25, 0.3) is 0 Å². The molecule has 0 atom stereocenters. The Labute approximate surface area is 141 Å². The Morgan fingerprint density at radius 2 is 2.17 bits per heavy atom. The van der Waals surface area contributed by atoms with Gasteiger partial charge in [0.15, 0.2) is 0 Å². The topological polar surface area (TPSA) is 41.6 Å². The molecule has 0 radical (unpaired) electrons. The molecule has 5 heteroatoms. The van der Waals surface area contributed by atoms with Gasteiger partial charge >= 0.3 is 6.03 Å². The molecule has 2 amide bonds. The first kappa shape index (κ1) is 17.1. The summed E-state index contributed by atoms with van der Waals surface area (Å²) in [5.41, 5.74) is 0.970. The summed E-state index contributed by atoms with van der Waals surface area (Å²) in [7, 11) is 0. The monoisotopic (exact) mass is 330 g/mol. The Hall–Kier alpha value is -2.27.